The first-order valence-electron chi connectivity index (χ1n) is 6.43. The van der Waals surface area contributed by atoms with Crippen molar-refractivity contribution in [2.45, 2.75) is 22.5 Å². The van der Waals surface area contributed by atoms with E-state index < -0.39 is 0 Å². The summed E-state index contributed by atoms with van der Waals surface area (Å²) in [4.78, 5) is 1.46. The summed E-state index contributed by atoms with van der Waals surface area (Å²) in [5.74, 6) is 0.645. The maximum Gasteiger partial charge on any atom is 0.0349 e. The molecule has 2 aliphatic rings. The van der Waals surface area contributed by atoms with Crippen LogP contribution in [0.3, 0.4) is 0 Å². The molecule has 0 bridgehead atoms. The molecule has 2 unspecified atom stereocenters. The highest BCUT2D eigenvalue weighted by molar-refractivity contribution is 8.00. The molecule has 1 aliphatic heterocycles. The molecule has 0 radical (unpaired) electrons. The van der Waals surface area contributed by atoms with E-state index in [0.717, 1.165) is 0 Å². The minimum absolute atomic E-state index is 0.606. The summed E-state index contributed by atoms with van der Waals surface area (Å²) in [5, 5.41) is 0.606. The predicted octanol–water partition coefficient (Wildman–Crippen LogP) is 4.51. The largest absolute Gasteiger partial charge is 0.118 e. The van der Waals surface area contributed by atoms with E-state index in [1.165, 1.54) is 28.0 Å². The third-order valence-corrected chi connectivity index (χ3v) is 5.34. The molecule has 0 aromatic heterocycles. The van der Waals surface area contributed by atoms with Gasteiger partial charge in [-0.05, 0) is 29.2 Å². The van der Waals surface area contributed by atoms with Gasteiger partial charge >= 0.3 is 0 Å². The normalized spacial score (nSPS) is 24.0. The second kappa shape index (κ2) is 4.03. The van der Waals surface area contributed by atoms with Crippen LogP contribution >= 0.6 is 11.8 Å². The van der Waals surface area contributed by atoms with Crippen LogP contribution in [0.25, 0.3) is 6.08 Å². The van der Waals surface area contributed by atoms with Crippen LogP contribution in [0, 0.1) is 0 Å². The topological polar surface area (TPSA) is 0 Å². The van der Waals surface area contributed by atoms with Crippen molar-refractivity contribution >= 4 is 17.8 Å². The summed E-state index contributed by atoms with van der Waals surface area (Å²) < 4.78 is 0. The van der Waals surface area contributed by atoms with Gasteiger partial charge in [0.15, 0.2) is 0 Å². The molecule has 2 atom stereocenters. The fraction of sp³-hybridized carbons (Fsp3) is 0.176. The van der Waals surface area contributed by atoms with Gasteiger partial charge in [0, 0.05) is 16.1 Å². The van der Waals surface area contributed by atoms with Crippen molar-refractivity contribution in [3.8, 4) is 0 Å². The van der Waals surface area contributed by atoms with E-state index in [9.17, 15) is 0 Å². The van der Waals surface area contributed by atoms with Gasteiger partial charge in [0.2, 0.25) is 0 Å². The van der Waals surface area contributed by atoms with Gasteiger partial charge in [0.25, 0.3) is 0 Å². The van der Waals surface area contributed by atoms with E-state index in [1.807, 2.05) is 11.8 Å². The van der Waals surface area contributed by atoms with Crippen LogP contribution in [0.1, 0.15) is 22.6 Å². The van der Waals surface area contributed by atoms with Crippen molar-refractivity contribution in [3.63, 3.8) is 0 Å². The van der Waals surface area contributed by atoms with Crippen LogP contribution < -0.4 is 0 Å². The predicted molar refractivity (Wildman–Crippen MR) is 78.0 cm³/mol. The zero-order valence-corrected chi connectivity index (χ0v) is 10.9. The van der Waals surface area contributed by atoms with Crippen LogP contribution in [0.2, 0.25) is 0 Å². The molecule has 1 heteroatoms. The minimum Gasteiger partial charge on any atom is -0.118 e. The Kier molecular flexibility index (Phi) is 2.34. The van der Waals surface area contributed by atoms with Crippen molar-refractivity contribution in [1.82, 2.24) is 0 Å². The Bertz CT molecular complexity index is 627. The van der Waals surface area contributed by atoms with Gasteiger partial charge in [0.1, 0.15) is 0 Å². The summed E-state index contributed by atoms with van der Waals surface area (Å²) in [6.07, 6.45) is 5.85. The summed E-state index contributed by atoms with van der Waals surface area (Å²) in [6, 6.07) is 17.7. The van der Waals surface area contributed by atoms with Crippen LogP contribution in [0.15, 0.2) is 59.5 Å². The number of fused-ring (bicyclic) bond motifs is 4. The lowest BCUT2D eigenvalue weighted by Gasteiger charge is -2.34. The quantitative estimate of drug-likeness (QED) is 0.662. The van der Waals surface area contributed by atoms with Crippen molar-refractivity contribution in [1.29, 1.82) is 0 Å². The third kappa shape index (κ3) is 1.54. The second-order valence-corrected chi connectivity index (χ2v) is 6.21. The van der Waals surface area contributed by atoms with Crippen LogP contribution in [0.5, 0.6) is 0 Å². The first kappa shape index (κ1) is 10.5. The molecule has 0 saturated carbocycles. The summed E-state index contributed by atoms with van der Waals surface area (Å²) in [6.45, 7) is 0. The van der Waals surface area contributed by atoms with Crippen LogP contribution in [-0.2, 0) is 6.42 Å². The second-order valence-electron chi connectivity index (χ2n) is 4.99. The molecule has 88 valence electrons. The first-order valence-corrected chi connectivity index (χ1v) is 7.31. The lowest BCUT2D eigenvalue weighted by atomic mass is 9.82. The fourth-order valence-electron chi connectivity index (χ4n) is 3.03. The van der Waals surface area contributed by atoms with Crippen LogP contribution in [0.4, 0.5) is 0 Å². The molecule has 0 nitrogen and oxygen atoms in total. The van der Waals surface area contributed by atoms with E-state index >= 15 is 0 Å². The molecule has 0 fully saturated rings. The van der Waals surface area contributed by atoms with Gasteiger partial charge in [-0.15, -0.1) is 11.8 Å². The number of benzene rings is 2. The molecular weight excluding hydrogens is 236 g/mol. The average molecular weight is 250 g/mol. The Morgan fingerprint density at radius 3 is 2.78 bits per heavy atom. The fourth-order valence-corrected chi connectivity index (χ4v) is 4.35. The Morgan fingerprint density at radius 1 is 0.944 bits per heavy atom. The van der Waals surface area contributed by atoms with Crippen molar-refractivity contribution in [2.75, 3.05) is 0 Å². The Hall–Kier alpha value is -1.47. The molecular formula is C17H14S. The molecule has 18 heavy (non-hydrogen) atoms. The van der Waals surface area contributed by atoms with Gasteiger partial charge in [-0.25, -0.2) is 0 Å². The number of rotatable bonds is 0. The highest BCUT2D eigenvalue weighted by Crippen LogP contribution is 2.46. The molecule has 1 heterocycles. The van der Waals surface area contributed by atoms with E-state index in [0.29, 0.717) is 11.2 Å². The lowest BCUT2D eigenvalue weighted by molar-refractivity contribution is 0.680. The van der Waals surface area contributed by atoms with E-state index in [2.05, 4.69) is 60.7 Å². The van der Waals surface area contributed by atoms with Crippen molar-refractivity contribution in [3.05, 3.63) is 71.3 Å². The van der Waals surface area contributed by atoms with Gasteiger partial charge in [0.05, 0.1) is 0 Å². The van der Waals surface area contributed by atoms with E-state index in [-0.39, 0.29) is 0 Å². The molecule has 0 spiro atoms. The maximum absolute atomic E-state index is 2.38. The summed E-state index contributed by atoms with van der Waals surface area (Å²) in [7, 11) is 0. The number of hydrogen-bond donors (Lipinski definition) is 0. The van der Waals surface area contributed by atoms with Crippen molar-refractivity contribution < 1.29 is 0 Å². The van der Waals surface area contributed by atoms with Crippen molar-refractivity contribution in [2.24, 2.45) is 0 Å². The van der Waals surface area contributed by atoms with Crippen LogP contribution in [-0.4, -0.2) is 5.25 Å². The lowest BCUT2D eigenvalue weighted by Crippen LogP contribution is -2.23. The van der Waals surface area contributed by atoms with Gasteiger partial charge in [-0.3, -0.25) is 0 Å². The Labute approximate surface area is 112 Å². The zero-order chi connectivity index (χ0) is 11.9. The smallest absolute Gasteiger partial charge is 0.0349 e. The average Bonchev–Trinajstić information content (AvgIpc) is 2.45. The Morgan fingerprint density at radius 2 is 1.78 bits per heavy atom. The first-order chi connectivity index (χ1) is 8.92. The number of hydrogen-bond acceptors (Lipinski definition) is 1. The zero-order valence-electron chi connectivity index (χ0n) is 10.0. The molecule has 2 aromatic rings. The van der Waals surface area contributed by atoms with Gasteiger partial charge in [-0.2, -0.15) is 0 Å². The maximum atomic E-state index is 2.38. The van der Waals surface area contributed by atoms with E-state index in [1.54, 1.807) is 0 Å². The highest BCUT2D eigenvalue weighted by atomic mass is 32.2. The molecule has 0 N–H and O–H groups in total. The van der Waals surface area contributed by atoms with E-state index in [4.69, 9.17) is 0 Å². The molecule has 4 rings (SSSR count). The third-order valence-electron chi connectivity index (χ3n) is 3.93. The highest BCUT2D eigenvalue weighted by Gasteiger charge is 2.31. The standard InChI is InChI=1S/C17H14S/c1-3-7-14-12(5-1)9-10-17-15(14)11-13-6-2-4-8-16(13)18-17/h1-10,15,17H,11H2. The monoisotopic (exact) mass is 250 g/mol. The summed E-state index contributed by atoms with van der Waals surface area (Å²) in [5.41, 5.74) is 4.43. The molecule has 0 saturated heterocycles. The van der Waals surface area contributed by atoms with Gasteiger partial charge < -0.3 is 0 Å². The summed E-state index contributed by atoms with van der Waals surface area (Å²) >= 11 is 2.02. The van der Waals surface area contributed by atoms with Gasteiger partial charge in [-0.1, -0.05) is 54.6 Å². The Balaban J connectivity index is 1.82. The molecule has 1 aliphatic carbocycles. The SMILES string of the molecule is C1=CC2Sc3ccccc3CC2c2ccccc21. The molecule has 0 amide bonds. The molecule has 2 aromatic carbocycles. The minimum atomic E-state index is 0.606. The number of thioether (sulfide) groups is 1.